The van der Waals surface area contributed by atoms with Gasteiger partial charge in [-0.1, -0.05) is 0 Å². The average Bonchev–Trinajstić information content (AvgIpc) is 2.38. The predicted octanol–water partition coefficient (Wildman–Crippen LogP) is 1.79. The first-order valence-corrected chi connectivity index (χ1v) is 7.09. The summed E-state index contributed by atoms with van der Waals surface area (Å²) in [6, 6.07) is 2.02. The fraction of sp³-hybridized carbons (Fsp3) is 0.667. The molecule has 0 amide bonds. The van der Waals surface area contributed by atoms with E-state index in [1.165, 1.54) is 6.42 Å². The monoisotopic (exact) mass is 264 g/mol. The van der Waals surface area contributed by atoms with E-state index >= 15 is 0 Å². The molecule has 2 N–H and O–H groups in total. The van der Waals surface area contributed by atoms with Gasteiger partial charge in [0, 0.05) is 31.0 Å². The van der Waals surface area contributed by atoms with Gasteiger partial charge in [0.2, 0.25) is 0 Å². The molecule has 1 aliphatic rings. The standard InChI is InChI=1S/C15H24N2O2/c1-11-8-12(2)16-15(14(11)10-19)17-6-3-4-13(9-17)5-7-18/h8,13,18-19H,3-7,9-10H2,1-2H3. The van der Waals surface area contributed by atoms with Gasteiger partial charge in [-0.05, 0) is 50.7 Å². The summed E-state index contributed by atoms with van der Waals surface area (Å²) in [6.07, 6.45) is 3.16. The highest BCUT2D eigenvalue weighted by Crippen LogP contribution is 2.28. The van der Waals surface area contributed by atoms with Gasteiger partial charge in [0.25, 0.3) is 0 Å². The summed E-state index contributed by atoms with van der Waals surface area (Å²) < 4.78 is 0. The van der Waals surface area contributed by atoms with E-state index in [1.54, 1.807) is 0 Å². The lowest BCUT2D eigenvalue weighted by Gasteiger charge is -2.35. The molecule has 0 saturated carbocycles. The molecule has 106 valence electrons. The minimum atomic E-state index is 0.0373. The molecule has 4 nitrogen and oxygen atoms in total. The Morgan fingerprint density at radius 1 is 1.37 bits per heavy atom. The molecule has 1 fully saturated rings. The number of aryl methyl sites for hydroxylation is 2. The summed E-state index contributed by atoms with van der Waals surface area (Å²) in [6.45, 7) is 6.24. The highest BCUT2D eigenvalue weighted by Gasteiger charge is 2.23. The van der Waals surface area contributed by atoms with Crippen LogP contribution >= 0.6 is 0 Å². The number of aromatic nitrogens is 1. The summed E-state index contributed by atoms with van der Waals surface area (Å²) in [4.78, 5) is 6.90. The van der Waals surface area contributed by atoms with Crippen LogP contribution in [0.5, 0.6) is 0 Å². The fourth-order valence-electron chi connectivity index (χ4n) is 2.98. The minimum Gasteiger partial charge on any atom is -0.396 e. The van der Waals surface area contributed by atoms with Crippen LogP contribution in [0.15, 0.2) is 6.07 Å². The minimum absolute atomic E-state index is 0.0373. The van der Waals surface area contributed by atoms with E-state index in [2.05, 4.69) is 9.88 Å². The Hall–Kier alpha value is -1.13. The van der Waals surface area contributed by atoms with Gasteiger partial charge in [0.05, 0.1) is 6.61 Å². The molecule has 1 aromatic rings. The van der Waals surface area contributed by atoms with Gasteiger partial charge < -0.3 is 15.1 Å². The molecule has 19 heavy (non-hydrogen) atoms. The molecule has 1 unspecified atom stereocenters. The van der Waals surface area contributed by atoms with Crippen LogP contribution in [0.4, 0.5) is 5.82 Å². The van der Waals surface area contributed by atoms with Gasteiger partial charge in [-0.25, -0.2) is 4.98 Å². The van der Waals surface area contributed by atoms with Crippen molar-refractivity contribution in [1.29, 1.82) is 0 Å². The van der Waals surface area contributed by atoms with E-state index in [0.717, 1.165) is 48.6 Å². The Balaban J connectivity index is 2.25. The van der Waals surface area contributed by atoms with Crippen LogP contribution in [0.2, 0.25) is 0 Å². The van der Waals surface area contributed by atoms with Gasteiger partial charge in [0.15, 0.2) is 0 Å². The van der Waals surface area contributed by atoms with Gasteiger partial charge in [-0.2, -0.15) is 0 Å². The van der Waals surface area contributed by atoms with Gasteiger partial charge in [0.1, 0.15) is 5.82 Å². The molecule has 0 aliphatic carbocycles. The van der Waals surface area contributed by atoms with Crippen molar-refractivity contribution in [2.24, 2.45) is 5.92 Å². The van der Waals surface area contributed by atoms with Crippen molar-refractivity contribution in [1.82, 2.24) is 4.98 Å². The Kier molecular flexibility index (Phi) is 4.77. The number of anilines is 1. The molecule has 2 heterocycles. The van der Waals surface area contributed by atoms with Gasteiger partial charge in [-0.15, -0.1) is 0 Å². The molecule has 4 heteroatoms. The van der Waals surface area contributed by atoms with Crippen molar-refractivity contribution < 1.29 is 10.2 Å². The van der Waals surface area contributed by atoms with E-state index in [4.69, 9.17) is 5.11 Å². The lowest BCUT2D eigenvalue weighted by Crippen LogP contribution is -2.37. The van der Waals surface area contributed by atoms with Crippen molar-refractivity contribution in [2.45, 2.75) is 39.7 Å². The normalized spacial score (nSPS) is 19.8. The smallest absolute Gasteiger partial charge is 0.134 e. The SMILES string of the molecule is Cc1cc(C)c(CO)c(N2CCCC(CCO)C2)n1. The molecule has 0 aromatic carbocycles. The molecule has 0 bridgehead atoms. The van der Waals surface area contributed by atoms with E-state index < -0.39 is 0 Å². The number of hydrogen-bond acceptors (Lipinski definition) is 4. The van der Waals surface area contributed by atoms with Crippen molar-refractivity contribution in [3.05, 3.63) is 22.9 Å². The second-order valence-corrected chi connectivity index (χ2v) is 5.51. The van der Waals surface area contributed by atoms with Crippen LogP contribution < -0.4 is 4.90 Å². The van der Waals surface area contributed by atoms with E-state index in [0.29, 0.717) is 5.92 Å². The number of aliphatic hydroxyl groups is 2. The second-order valence-electron chi connectivity index (χ2n) is 5.51. The topological polar surface area (TPSA) is 56.6 Å². The number of nitrogens with zero attached hydrogens (tertiary/aromatic N) is 2. The third-order valence-corrected chi connectivity index (χ3v) is 3.97. The Bertz CT molecular complexity index is 432. The molecule has 1 saturated heterocycles. The van der Waals surface area contributed by atoms with E-state index in [-0.39, 0.29) is 13.2 Å². The zero-order chi connectivity index (χ0) is 13.8. The van der Waals surface area contributed by atoms with Crippen molar-refractivity contribution in [2.75, 3.05) is 24.6 Å². The molecule has 0 radical (unpaired) electrons. The fourth-order valence-corrected chi connectivity index (χ4v) is 2.98. The number of piperidine rings is 1. The second kappa shape index (κ2) is 6.35. The molecule has 2 rings (SSSR count). The average molecular weight is 264 g/mol. The maximum absolute atomic E-state index is 9.58. The largest absolute Gasteiger partial charge is 0.396 e. The van der Waals surface area contributed by atoms with Gasteiger partial charge >= 0.3 is 0 Å². The number of aliphatic hydroxyl groups excluding tert-OH is 2. The van der Waals surface area contributed by atoms with Crippen LogP contribution in [-0.4, -0.2) is 34.9 Å². The van der Waals surface area contributed by atoms with Crippen LogP contribution in [0.1, 0.15) is 36.1 Å². The molecule has 0 spiro atoms. The molecular formula is C15H24N2O2. The quantitative estimate of drug-likeness (QED) is 0.870. The van der Waals surface area contributed by atoms with Crippen molar-refractivity contribution >= 4 is 5.82 Å². The molecule has 1 aliphatic heterocycles. The van der Waals surface area contributed by atoms with Crippen LogP contribution in [0.25, 0.3) is 0 Å². The van der Waals surface area contributed by atoms with E-state index in [1.807, 2.05) is 19.9 Å². The summed E-state index contributed by atoms with van der Waals surface area (Å²) in [5.41, 5.74) is 3.04. The Labute approximate surface area is 115 Å². The maximum atomic E-state index is 9.58. The summed E-state index contributed by atoms with van der Waals surface area (Å²) in [5, 5.41) is 18.7. The number of pyridine rings is 1. The van der Waals surface area contributed by atoms with E-state index in [9.17, 15) is 5.11 Å². The first-order valence-electron chi connectivity index (χ1n) is 7.09. The lowest BCUT2D eigenvalue weighted by atomic mass is 9.94. The first kappa shape index (κ1) is 14.3. The van der Waals surface area contributed by atoms with Crippen LogP contribution in [-0.2, 0) is 6.61 Å². The number of rotatable bonds is 4. The molecule has 1 atom stereocenters. The molecular weight excluding hydrogens is 240 g/mol. The summed E-state index contributed by atoms with van der Waals surface area (Å²) in [7, 11) is 0. The highest BCUT2D eigenvalue weighted by molar-refractivity contribution is 5.51. The third kappa shape index (κ3) is 3.25. The van der Waals surface area contributed by atoms with Crippen molar-refractivity contribution in [3.63, 3.8) is 0 Å². The number of hydrogen-bond donors (Lipinski definition) is 2. The van der Waals surface area contributed by atoms with Crippen LogP contribution in [0.3, 0.4) is 0 Å². The highest BCUT2D eigenvalue weighted by atomic mass is 16.3. The lowest BCUT2D eigenvalue weighted by molar-refractivity contribution is 0.243. The molecule has 1 aromatic heterocycles. The van der Waals surface area contributed by atoms with Crippen LogP contribution in [0, 0.1) is 19.8 Å². The Morgan fingerprint density at radius 2 is 2.16 bits per heavy atom. The summed E-state index contributed by atoms with van der Waals surface area (Å²) in [5.74, 6) is 1.47. The zero-order valence-corrected chi connectivity index (χ0v) is 11.9. The maximum Gasteiger partial charge on any atom is 0.134 e. The first-order chi connectivity index (χ1) is 9.15. The zero-order valence-electron chi connectivity index (χ0n) is 11.9. The Morgan fingerprint density at radius 3 is 2.84 bits per heavy atom. The van der Waals surface area contributed by atoms with Crippen molar-refractivity contribution in [3.8, 4) is 0 Å². The van der Waals surface area contributed by atoms with Gasteiger partial charge in [-0.3, -0.25) is 0 Å². The third-order valence-electron chi connectivity index (χ3n) is 3.97. The summed E-state index contributed by atoms with van der Waals surface area (Å²) >= 11 is 0. The predicted molar refractivity (Wildman–Crippen MR) is 76.3 cm³/mol.